The lowest BCUT2D eigenvalue weighted by atomic mass is 9.95. The minimum atomic E-state index is -0.851. The Labute approximate surface area is 167 Å². The quantitative estimate of drug-likeness (QED) is 0.554. The van der Waals surface area contributed by atoms with Crippen LogP contribution in [0.1, 0.15) is 37.8 Å². The van der Waals surface area contributed by atoms with Crippen LogP contribution in [0.15, 0.2) is 72.3 Å². The molecule has 0 bridgehead atoms. The molecule has 1 N–H and O–H groups in total. The van der Waals surface area contributed by atoms with Gasteiger partial charge in [0.05, 0.1) is 12.2 Å². The van der Waals surface area contributed by atoms with Crippen LogP contribution in [0.3, 0.4) is 0 Å². The molecule has 0 spiro atoms. The van der Waals surface area contributed by atoms with Crippen molar-refractivity contribution in [3.05, 3.63) is 83.4 Å². The number of benzene rings is 2. The molecule has 148 valence electrons. The molecule has 0 aliphatic carbocycles. The first kappa shape index (κ1) is 20.3. The SMILES string of the molecule is CC(C)(O)C[C@@H](/C=C1\CCOC1=O)N(Cc1ccccc1)Cc1ccccc1. The predicted molar refractivity (Wildman–Crippen MR) is 110 cm³/mol. The Kier molecular flexibility index (Phi) is 6.65. The van der Waals surface area contributed by atoms with E-state index in [1.807, 2.05) is 56.3 Å². The van der Waals surface area contributed by atoms with Crippen molar-refractivity contribution in [2.24, 2.45) is 0 Å². The van der Waals surface area contributed by atoms with Gasteiger partial charge >= 0.3 is 5.97 Å². The van der Waals surface area contributed by atoms with Crippen molar-refractivity contribution < 1.29 is 14.6 Å². The zero-order valence-electron chi connectivity index (χ0n) is 16.7. The standard InChI is InChI=1S/C24H29NO3/c1-24(2,27)16-22(15-21-13-14-28-23(21)26)25(17-19-9-5-3-6-10-19)18-20-11-7-4-8-12-20/h3-12,15,22,27H,13-14,16-18H2,1-2H3/b21-15+/t22-/m1/s1. The molecule has 2 aromatic rings. The summed E-state index contributed by atoms with van der Waals surface area (Å²) in [7, 11) is 0. The molecule has 0 saturated carbocycles. The lowest BCUT2D eigenvalue weighted by Gasteiger charge is -2.34. The zero-order valence-corrected chi connectivity index (χ0v) is 16.7. The van der Waals surface area contributed by atoms with Crippen molar-refractivity contribution in [1.29, 1.82) is 0 Å². The van der Waals surface area contributed by atoms with Crippen molar-refractivity contribution >= 4 is 5.97 Å². The van der Waals surface area contributed by atoms with Gasteiger partial charge in [0.1, 0.15) is 0 Å². The average Bonchev–Trinajstić information content (AvgIpc) is 3.06. The minimum Gasteiger partial charge on any atom is -0.462 e. The second-order valence-electron chi connectivity index (χ2n) is 8.04. The first-order valence-electron chi connectivity index (χ1n) is 9.83. The lowest BCUT2D eigenvalue weighted by molar-refractivity contribution is -0.135. The van der Waals surface area contributed by atoms with E-state index < -0.39 is 5.60 Å². The summed E-state index contributed by atoms with van der Waals surface area (Å²) < 4.78 is 5.12. The first-order valence-corrected chi connectivity index (χ1v) is 9.83. The fourth-order valence-electron chi connectivity index (χ4n) is 3.56. The van der Waals surface area contributed by atoms with Crippen LogP contribution < -0.4 is 0 Å². The molecule has 3 rings (SSSR count). The molecule has 0 radical (unpaired) electrons. The van der Waals surface area contributed by atoms with Gasteiger partial charge in [0.15, 0.2) is 0 Å². The highest BCUT2D eigenvalue weighted by Gasteiger charge is 2.28. The number of rotatable bonds is 8. The third-order valence-electron chi connectivity index (χ3n) is 4.89. The number of nitrogens with zero attached hydrogens (tertiary/aromatic N) is 1. The van der Waals surface area contributed by atoms with Crippen molar-refractivity contribution in [3.63, 3.8) is 0 Å². The number of aliphatic hydroxyl groups is 1. The van der Waals surface area contributed by atoms with E-state index in [1.165, 1.54) is 11.1 Å². The second-order valence-corrected chi connectivity index (χ2v) is 8.04. The summed E-state index contributed by atoms with van der Waals surface area (Å²) in [5.74, 6) is -0.236. The maximum absolute atomic E-state index is 12.0. The molecule has 0 aromatic heterocycles. The van der Waals surface area contributed by atoms with E-state index in [9.17, 15) is 9.90 Å². The number of carbonyl (C=O) groups excluding carboxylic acids is 1. The summed E-state index contributed by atoms with van der Waals surface area (Å²) in [6, 6.07) is 20.5. The van der Waals surface area contributed by atoms with E-state index in [2.05, 4.69) is 29.2 Å². The van der Waals surface area contributed by atoms with Gasteiger partial charge < -0.3 is 9.84 Å². The van der Waals surface area contributed by atoms with Crippen LogP contribution >= 0.6 is 0 Å². The number of hydrogen-bond donors (Lipinski definition) is 1. The summed E-state index contributed by atoms with van der Waals surface area (Å²) in [4.78, 5) is 14.4. The molecule has 2 aromatic carbocycles. The summed E-state index contributed by atoms with van der Waals surface area (Å²) >= 11 is 0. The van der Waals surface area contributed by atoms with Crippen LogP contribution in [0.4, 0.5) is 0 Å². The Hall–Kier alpha value is -2.43. The number of hydrogen-bond acceptors (Lipinski definition) is 4. The van der Waals surface area contributed by atoms with E-state index >= 15 is 0 Å². The van der Waals surface area contributed by atoms with Gasteiger partial charge in [-0.05, 0) is 31.4 Å². The van der Waals surface area contributed by atoms with Crippen molar-refractivity contribution in [2.45, 2.75) is 51.4 Å². The molecular weight excluding hydrogens is 350 g/mol. The van der Waals surface area contributed by atoms with Crippen molar-refractivity contribution in [2.75, 3.05) is 6.61 Å². The van der Waals surface area contributed by atoms with Crippen molar-refractivity contribution in [1.82, 2.24) is 4.90 Å². The zero-order chi connectivity index (χ0) is 20.0. The Morgan fingerprint density at radius 1 is 1.04 bits per heavy atom. The van der Waals surface area contributed by atoms with Crippen LogP contribution in [0, 0.1) is 0 Å². The van der Waals surface area contributed by atoms with Gasteiger partial charge in [0, 0.05) is 31.1 Å². The highest BCUT2D eigenvalue weighted by molar-refractivity contribution is 5.90. The predicted octanol–water partition coefficient (Wildman–Crippen LogP) is 4.09. The topological polar surface area (TPSA) is 49.8 Å². The van der Waals surface area contributed by atoms with Gasteiger partial charge in [-0.15, -0.1) is 0 Å². The molecule has 1 fully saturated rings. The molecule has 0 amide bonds. The normalized spacial score (nSPS) is 17.1. The van der Waals surface area contributed by atoms with Gasteiger partial charge in [-0.1, -0.05) is 66.7 Å². The first-order chi connectivity index (χ1) is 13.4. The van der Waals surface area contributed by atoms with Crippen LogP contribution in [-0.4, -0.2) is 34.2 Å². The lowest BCUT2D eigenvalue weighted by Crippen LogP contribution is -2.39. The molecule has 4 heteroatoms. The van der Waals surface area contributed by atoms with E-state index in [0.29, 0.717) is 25.0 Å². The van der Waals surface area contributed by atoms with Crippen molar-refractivity contribution in [3.8, 4) is 0 Å². The number of esters is 1. The van der Waals surface area contributed by atoms with Gasteiger partial charge in [0.25, 0.3) is 0 Å². The smallest absolute Gasteiger partial charge is 0.333 e. The fraction of sp³-hybridized carbons (Fsp3) is 0.375. The van der Waals surface area contributed by atoms with Crippen LogP contribution in [0.5, 0.6) is 0 Å². The van der Waals surface area contributed by atoms with E-state index in [1.54, 1.807) is 0 Å². The number of ether oxygens (including phenoxy) is 1. The third-order valence-corrected chi connectivity index (χ3v) is 4.89. The number of carbonyl (C=O) groups is 1. The Morgan fingerprint density at radius 2 is 1.57 bits per heavy atom. The molecule has 4 nitrogen and oxygen atoms in total. The van der Waals surface area contributed by atoms with E-state index in [4.69, 9.17) is 4.74 Å². The Bertz CT molecular complexity index is 752. The van der Waals surface area contributed by atoms with Gasteiger partial charge in [-0.3, -0.25) is 4.90 Å². The van der Waals surface area contributed by atoms with Crippen LogP contribution in [0.2, 0.25) is 0 Å². The van der Waals surface area contributed by atoms with Gasteiger partial charge in [-0.2, -0.15) is 0 Å². The molecule has 28 heavy (non-hydrogen) atoms. The maximum Gasteiger partial charge on any atom is 0.333 e. The molecule has 1 atom stereocenters. The van der Waals surface area contributed by atoms with Gasteiger partial charge in [0.2, 0.25) is 0 Å². The fourth-order valence-corrected chi connectivity index (χ4v) is 3.56. The van der Waals surface area contributed by atoms with E-state index in [0.717, 1.165) is 13.1 Å². The molecule has 1 aliphatic rings. The summed E-state index contributed by atoms with van der Waals surface area (Å²) in [6.45, 7) is 5.53. The molecular formula is C24H29NO3. The second kappa shape index (κ2) is 9.18. The minimum absolute atomic E-state index is 0.0823. The number of cyclic esters (lactones) is 1. The summed E-state index contributed by atoms with van der Waals surface area (Å²) in [5.41, 5.74) is 2.26. The summed E-state index contributed by atoms with van der Waals surface area (Å²) in [5, 5.41) is 10.5. The molecule has 1 heterocycles. The van der Waals surface area contributed by atoms with E-state index in [-0.39, 0.29) is 12.0 Å². The Balaban J connectivity index is 1.92. The highest BCUT2D eigenvalue weighted by Crippen LogP contribution is 2.25. The molecule has 1 saturated heterocycles. The molecule has 0 unspecified atom stereocenters. The Morgan fingerprint density at radius 3 is 2.00 bits per heavy atom. The third kappa shape index (κ3) is 6.04. The van der Waals surface area contributed by atoms with Crippen LogP contribution in [0.25, 0.3) is 0 Å². The highest BCUT2D eigenvalue weighted by atomic mass is 16.5. The summed E-state index contributed by atoms with van der Waals surface area (Å²) in [6.07, 6.45) is 3.16. The maximum atomic E-state index is 12.0. The van der Waals surface area contributed by atoms with Crippen LogP contribution in [-0.2, 0) is 22.6 Å². The average molecular weight is 380 g/mol. The van der Waals surface area contributed by atoms with Gasteiger partial charge in [-0.25, -0.2) is 4.79 Å². The largest absolute Gasteiger partial charge is 0.462 e. The monoisotopic (exact) mass is 379 g/mol. The molecule has 1 aliphatic heterocycles.